The molecule has 3 unspecified atom stereocenters. The molecular weight excluding hydrogens is 983 g/mol. The molecule has 0 radical (unpaired) electrons. The number of amides is 2. The van der Waals surface area contributed by atoms with Crippen LogP contribution in [0.1, 0.15) is 96.0 Å². The Morgan fingerprint density at radius 1 is 0.697 bits per heavy atom. The topological polar surface area (TPSA) is 307 Å². The number of nitrogens with zero attached hydrogens (tertiary/aromatic N) is 7. The number of primary amides is 2. The first-order valence-electron chi connectivity index (χ1n) is 21.1. The Balaban J connectivity index is 0.000000268. The predicted molar refractivity (Wildman–Crippen MR) is 237 cm³/mol. The highest BCUT2D eigenvalue weighted by molar-refractivity contribution is 8.05. The van der Waals surface area contributed by atoms with E-state index in [1.54, 1.807) is 27.7 Å². The molecule has 2 aromatic rings. The van der Waals surface area contributed by atoms with E-state index in [1.165, 1.54) is 41.7 Å². The number of carbonyl (C=O) groups is 2. The smallest absolute Gasteiger partial charge is 0.394 e. The molecule has 0 saturated carbocycles. The van der Waals surface area contributed by atoms with Crippen LogP contribution in [-0.4, -0.2) is 172 Å². The summed E-state index contributed by atoms with van der Waals surface area (Å²) in [6, 6.07) is 0. The van der Waals surface area contributed by atoms with E-state index in [0.717, 1.165) is 0 Å². The highest BCUT2D eigenvalue weighted by Crippen LogP contribution is 2.57. The third-order valence-corrected chi connectivity index (χ3v) is 12.1. The van der Waals surface area contributed by atoms with Gasteiger partial charge in [0.2, 0.25) is 11.6 Å². The van der Waals surface area contributed by atoms with Gasteiger partial charge in [0, 0.05) is 24.5 Å². The number of halogens is 3. The maximum Gasteiger partial charge on any atom is 0.424 e. The van der Waals surface area contributed by atoms with E-state index in [2.05, 4.69) is 50.4 Å². The van der Waals surface area contributed by atoms with Crippen molar-refractivity contribution in [1.82, 2.24) is 34.4 Å². The zero-order chi connectivity index (χ0) is 49.5. The van der Waals surface area contributed by atoms with Crippen molar-refractivity contribution in [1.29, 1.82) is 0 Å². The lowest BCUT2D eigenvalue weighted by atomic mass is 10.1. The lowest BCUT2D eigenvalue weighted by Gasteiger charge is -2.24. The van der Waals surface area contributed by atoms with Crippen molar-refractivity contribution in [2.24, 2.45) is 11.5 Å². The molecule has 4 aliphatic rings. The summed E-state index contributed by atoms with van der Waals surface area (Å²) in [5.41, 5.74) is 10.3. The number of hydrogen-bond donors (Lipinski definition) is 3. The van der Waals surface area contributed by atoms with Crippen LogP contribution >= 0.6 is 46.7 Å². The predicted octanol–water partition coefficient (Wildman–Crippen LogP) is 3.97. The fourth-order valence-corrected chi connectivity index (χ4v) is 8.38. The number of aliphatic hydroxyl groups excluding tert-OH is 1. The lowest BCUT2D eigenvalue weighted by molar-refractivity contribution is -0.201. The van der Waals surface area contributed by atoms with Gasteiger partial charge in [-0.2, -0.15) is 0 Å². The van der Waals surface area contributed by atoms with Crippen LogP contribution in [0.4, 0.5) is 0 Å². The Morgan fingerprint density at radius 2 is 1.11 bits per heavy atom. The fourth-order valence-electron chi connectivity index (χ4n) is 6.61. The highest BCUT2D eigenvalue weighted by Gasteiger charge is 2.57. The van der Waals surface area contributed by atoms with Gasteiger partial charge < -0.3 is 63.9 Å². The number of fused-ring (bicyclic) bond motifs is 2. The molecule has 9 atom stereocenters. The maximum absolute atomic E-state index is 12.2. The summed E-state index contributed by atoms with van der Waals surface area (Å²) in [5.74, 6) is -3.40. The Labute approximate surface area is 398 Å². The molecule has 6 rings (SSSR count). The number of rotatable bonds is 21. The van der Waals surface area contributed by atoms with Gasteiger partial charge >= 0.3 is 13.0 Å². The van der Waals surface area contributed by atoms with Crippen LogP contribution in [0.2, 0.25) is 0 Å². The van der Waals surface area contributed by atoms with E-state index in [-0.39, 0.29) is 44.7 Å². The van der Waals surface area contributed by atoms with Gasteiger partial charge in [0.05, 0.1) is 39.6 Å². The van der Waals surface area contributed by atoms with Gasteiger partial charge in [-0.3, -0.25) is 23.2 Å². The maximum atomic E-state index is 12.2. The van der Waals surface area contributed by atoms with Crippen molar-refractivity contribution >= 4 is 58.6 Å². The van der Waals surface area contributed by atoms with Gasteiger partial charge in [0.15, 0.2) is 24.0 Å². The number of ether oxygens (including phenoxy) is 8. The largest absolute Gasteiger partial charge is 0.424 e. The van der Waals surface area contributed by atoms with Gasteiger partial charge in [-0.05, 0) is 83.7 Å². The van der Waals surface area contributed by atoms with Crippen LogP contribution in [0.25, 0.3) is 0 Å². The molecule has 4 aliphatic heterocycles. The highest BCUT2D eigenvalue weighted by atomic mass is 35.9. The number of aromatic nitrogens is 6. The van der Waals surface area contributed by atoms with E-state index in [9.17, 15) is 23.8 Å². The monoisotopic (exact) mass is 1050 g/mol. The van der Waals surface area contributed by atoms with Gasteiger partial charge in [0.25, 0.3) is 11.8 Å². The Kier molecular flexibility index (Phi) is 23.7. The first-order chi connectivity index (χ1) is 30.9. The fraction of sp³-hybridized carbons (Fsp3) is 0.833. The third-order valence-electron chi connectivity index (χ3n) is 9.50. The Bertz CT molecular complexity index is 1890. The van der Waals surface area contributed by atoms with Crippen molar-refractivity contribution in [2.45, 2.75) is 123 Å². The molecule has 4 fully saturated rings. The molecule has 25 nitrogen and oxygen atoms in total. The van der Waals surface area contributed by atoms with E-state index < -0.39 is 85.5 Å². The summed E-state index contributed by atoms with van der Waals surface area (Å²) >= 11 is 15.9. The standard InChI is InChI=1S/C15H24ClN4O8P.C11H16N4O5.C6H15N.C4H9Cl2O3P/c1-4-23-5-6-24-29(16,22)25-7-9-10-11(28-15(2,3)27-10)14(26-9)20-8-18-13(19-20)12(17)21;1-11(2)19-6-5(3-16)18-10(7(6)20-11)15-4-13-9(14-15)8(12)17;1-4-7(5-2)6-3;1-2-8-3-4-9-10(5,6)7/h8-11,14H,4-7H2,1-3H3,(H2,17,21);4-7,10,16H,3H2,1-2H3,(H2,12,17);4-6H2,1-3H3;2-4H2,1H3/t9-,10+,11?,14-,29?;5-,6+,7?,10-;;/m11../s1. The van der Waals surface area contributed by atoms with E-state index in [4.69, 9.17) is 92.1 Å². The zero-order valence-electron chi connectivity index (χ0n) is 38.4. The molecule has 2 amide bonds. The van der Waals surface area contributed by atoms with Crippen LogP contribution in [0.5, 0.6) is 0 Å². The van der Waals surface area contributed by atoms with Gasteiger partial charge in [-0.15, -0.1) is 10.2 Å². The minimum atomic E-state index is -3.83. The minimum absolute atomic E-state index is 0.0241. The summed E-state index contributed by atoms with van der Waals surface area (Å²) in [7, 11) is 0. The van der Waals surface area contributed by atoms with Gasteiger partial charge in [-0.25, -0.2) is 23.9 Å². The normalized spacial score (nSPS) is 26.8. The number of nitrogens with two attached hydrogens (primary N) is 2. The molecular formula is C36H64Cl3N9O16P2. The first-order valence-corrected chi connectivity index (χ1v) is 27.0. The summed E-state index contributed by atoms with van der Waals surface area (Å²) in [4.78, 5) is 32.3. The third kappa shape index (κ3) is 18.4. The second-order valence-corrected chi connectivity index (χ2v) is 22.0. The molecule has 66 heavy (non-hydrogen) atoms. The number of hydrogen-bond acceptors (Lipinski definition) is 21. The summed E-state index contributed by atoms with van der Waals surface area (Å²) in [5, 5.41) is 17.3. The molecule has 30 heteroatoms. The molecule has 0 aromatic carbocycles. The van der Waals surface area contributed by atoms with Crippen molar-refractivity contribution in [3.05, 3.63) is 24.3 Å². The Morgan fingerprint density at radius 3 is 1.47 bits per heavy atom. The van der Waals surface area contributed by atoms with Crippen LogP contribution in [0, 0.1) is 0 Å². The van der Waals surface area contributed by atoms with Crippen molar-refractivity contribution in [2.75, 3.05) is 72.5 Å². The Hall–Kier alpha value is -1.97. The average Bonchev–Trinajstić information content (AvgIpc) is 4.10. The van der Waals surface area contributed by atoms with E-state index >= 15 is 0 Å². The average molecular weight is 1050 g/mol. The molecule has 380 valence electrons. The van der Waals surface area contributed by atoms with Crippen LogP contribution in [0.15, 0.2) is 12.7 Å². The summed E-state index contributed by atoms with van der Waals surface area (Å²) in [6.07, 6.45) is -5.25. The van der Waals surface area contributed by atoms with E-state index in [1.807, 2.05) is 13.8 Å². The van der Waals surface area contributed by atoms with Crippen molar-refractivity contribution in [3.63, 3.8) is 0 Å². The van der Waals surface area contributed by atoms with Gasteiger partial charge in [0.1, 0.15) is 49.3 Å². The molecule has 5 N–H and O–H groups in total. The number of aliphatic hydroxyl groups is 1. The molecule has 0 aliphatic carbocycles. The molecule has 0 bridgehead atoms. The lowest BCUT2D eigenvalue weighted by Crippen LogP contribution is -2.32. The van der Waals surface area contributed by atoms with Crippen LogP contribution in [0.3, 0.4) is 0 Å². The molecule has 0 spiro atoms. The zero-order valence-corrected chi connectivity index (χ0v) is 42.5. The summed E-state index contributed by atoms with van der Waals surface area (Å²) < 4.78 is 85.0. The van der Waals surface area contributed by atoms with Crippen LogP contribution < -0.4 is 11.5 Å². The van der Waals surface area contributed by atoms with Crippen molar-refractivity contribution < 1.29 is 75.3 Å². The van der Waals surface area contributed by atoms with Crippen LogP contribution in [-0.2, 0) is 60.6 Å². The summed E-state index contributed by atoms with van der Waals surface area (Å²) in [6.45, 7) is 18.5. The molecule has 6 heterocycles. The van der Waals surface area contributed by atoms with Crippen molar-refractivity contribution in [3.8, 4) is 0 Å². The van der Waals surface area contributed by atoms with Gasteiger partial charge in [-0.1, -0.05) is 20.8 Å². The molecule has 2 aromatic heterocycles. The quantitative estimate of drug-likeness (QED) is 0.118. The SMILES string of the molecule is CC1(C)OC2[C@@H](O1)[C@@H](CO)O[C@H]2n1cnc(C(N)=O)n1.CCN(CC)CC.CCOCCOP(=O)(Cl)Cl.CCOCCOP(=O)(Cl)OC[C@H]1O[C@@H](n2cnc(C(N)=O)n2)C2OC(C)(C)O[C@H]21. The number of carbonyl (C=O) groups excluding carboxylic acids is 2. The van der Waals surface area contributed by atoms with E-state index in [0.29, 0.717) is 19.8 Å². The minimum Gasteiger partial charge on any atom is -0.394 e. The second kappa shape index (κ2) is 26.9. The second-order valence-electron chi connectivity index (χ2n) is 15.1. The first kappa shape index (κ1) is 58.3. The molecule has 4 saturated heterocycles.